The van der Waals surface area contributed by atoms with E-state index in [0.29, 0.717) is 18.0 Å². The summed E-state index contributed by atoms with van der Waals surface area (Å²) in [5.74, 6) is 0.0948. The molecule has 0 radical (unpaired) electrons. The van der Waals surface area contributed by atoms with E-state index in [-0.39, 0.29) is 5.91 Å². The molecule has 1 saturated carbocycles. The first-order chi connectivity index (χ1) is 7.58. The van der Waals surface area contributed by atoms with E-state index in [1.807, 2.05) is 13.8 Å². The van der Waals surface area contributed by atoms with Crippen molar-refractivity contribution in [3.8, 4) is 0 Å². The highest BCUT2D eigenvalue weighted by molar-refractivity contribution is 5.78. The van der Waals surface area contributed by atoms with Crippen LogP contribution in [0.2, 0.25) is 0 Å². The molecule has 0 aliphatic heterocycles. The number of methoxy groups -OCH3 is 1. The molecule has 1 fully saturated rings. The van der Waals surface area contributed by atoms with Gasteiger partial charge in [-0.25, -0.2) is 0 Å². The van der Waals surface area contributed by atoms with Crippen LogP contribution in [0.3, 0.4) is 0 Å². The fraction of sp³-hybridized carbons (Fsp3) is 0.917. The van der Waals surface area contributed by atoms with E-state index >= 15 is 0 Å². The minimum absolute atomic E-state index is 0.0948. The van der Waals surface area contributed by atoms with Gasteiger partial charge in [-0.15, -0.1) is 0 Å². The monoisotopic (exact) mass is 228 g/mol. The molecular formula is C12H24N2O2. The number of carbonyl (C=O) groups is 1. The third-order valence-electron chi connectivity index (χ3n) is 3.13. The van der Waals surface area contributed by atoms with E-state index < -0.39 is 0 Å². The molecule has 0 atom stereocenters. The van der Waals surface area contributed by atoms with Gasteiger partial charge in [-0.2, -0.15) is 0 Å². The van der Waals surface area contributed by atoms with Gasteiger partial charge in [-0.05, 0) is 24.7 Å². The largest absolute Gasteiger partial charge is 0.385 e. The van der Waals surface area contributed by atoms with Crippen molar-refractivity contribution in [2.75, 3.05) is 26.8 Å². The van der Waals surface area contributed by atoms with Gasteiger partial charge in [0.25, 0.3) is 0 Å². The standard InChI is InChI=1S/C12H24N2O2/c1-10(2)13-8-11(15)14-9-12(4-5-12)6-7-16-3/h10,13H,4-9H2,1-3H3,(H,14,15). The van der Waals surface area contributed by atoms with Crippen molar-refractivity contribution in [2.24, 2.45) is 5.41 Å². The van der Waals surface area contributed by atoms with Gasteiger partial charge in [0.05, 0.1) is 6.54 Å². The van der Waals surface area contributed by atoms with Crippen molar-refractivity contribution in [3.63, 3.8) is 0 Å². The Morgan fingerprint density at radius 1 is 1.44 bits per heavy atom. The van der Waals surface area contributed by atoms with Gasteiger partial charge in [0.1, 0.15) is 0 Å². The molecule has 1 amide bonds. The Balaban J connectivity index is 2.11. The molecule has 16 heavy (non-hydrogen) atoms. The summed E-state index contributed by atoms with van der Waals surface area (Å²) in [6, 6.07) is 0.356. The van der Waals surface area contributed by atoms with Crippen LogP contribution in [0.1, 0.15) is 33.1 Å². The molecule has 94 valence electrons. The van der Waals surface area contributed by atoms with E-state index in [2.05, 4.69) is 10.6 Å². The number of hydrogen-bond donors (Lipinski definition) is 2. The van der Waals surface area contributed by atoms with Crippen LogP contribution >= 0.6 is 0 Å². The van der Waals surface area contributed by atoms with Gasteiger partial charge in [0.15, 0.2) is 0 Å². The third kappa shape index (κ3) is 4.94. The molecule has 1 aliphatic carbocycles. The van der Waals surface area contributed by atoms with Gasteiger partial charge in [0, 0.05) is 26.3 Å². The molecule has 0 heterocycles. The van der Waals surface area contributed by atoms with E-state index in [1.54, 1.807) is 7.11 Å². The molecule has 4 nitrogen and oxygen atoms in total. The molecule has 0 unspecified atom stereocenters. The molecular weight excluding hydrogens is 204 g/mol. The summed E-state index contributed by atoms with van der Waals surface area (Å²) in [7, 11) is 1.72. The second kappa shape index (κ2) is 6.21. The van der Waals surface area contributed by atoms with Crippen molar-refractivity contribution in [2.45, 2.75) is 39.2 Å². The predicted octanol–water partition coefficient (Wildman–Crippen LogP) is 0.917. The smallest absolute Gasteiger partial charge is 0.233 e. The molecule has 0 saturated heterocycles. The highest BCUT2D eigenvalue weighted by Gasteiger charge is 2.41. The van der Waals surface area contributed by atoms with Crippen LogP contribution in [0.4, 0.5) is 0 Å². The quantitative estimate of drug-likeness (QED) is 0.649. The summed E-state index contributed by atoms with van der Waals surface area (Å²) in [4.78, 5) is 11.5. The average molecular weight is 228 g/mol. The lowest BCUT2D eigenvalue weighted by atomic mass is 10.0. The van der Waals surface area contributed by atoms with Crippen LogP contribution in [0, 0.1) is 5.41 Å². The molecule has 0 bridgehead atoms. The minimum Gasteiger partial charge on any atom is -0.385 e. The van der Waals surface area contributed by atoms with Crippen LogP contribution in [-0.4, -0.2) is 38.8 Å². The van der Waals surface area contributed by atoms with Gasteiger partial charge < -0.3 is 15.4 Å². The third-order valence-corrected chi connectivity index (χ3v) is 3.13. The van der Waals surface area contributed by atoms with Crippen molar-refractivity contribution in [1.82, 2.24) is 10.6 Å². The molecule has 2 N–H and O–H groups in total. The molecule has 0 aromatic carbocycles. The van der Waals surface area contributed by atoms with Gasteiger partial charge >= 0.3 is 0 Å². The number of carbonyl (C=O) groups excluding carboxylic acids is 1. The van der Waals surface area contributed by atoms with Crippen molar-refractivity contribution in [3.05, 3.63) is 0 Å². The van der Waals surface area contributed by atoms with E-state index in [1.165, 1.54) is 12.8 Å². The zero-order valence-electron chi connectivity index (χ0n) is 10.6. The fourth-order valence-corrected chi connectivity index (χ4v) is 1.66. The lowest BCUT2D eigenvalue weighted by molar-refractivity contribution is -0.120. The Morgan fingerprint density at radius 3 is 2.62 bits per heavy atom. The molecule has 1 aliphatic rings. The van der Waals surface area contributed by atoms with Crippen LogP contribution in [-0.2, 0) is 9.53 Å². The van der Waals surface area contributed by atoms with E-state index in [0.717, 1.165) is 19.6 Å². The highest BCUT2D eigenvalue weighted by atomic mass is 16.5. The summed E-state index contributed by atoms with van der Waals surface area (Å²) in [6.45, 7) is 6.08. The minimum atomic E-state index is 0.0948. The molecule has 0 aromatic rings. The number of amides is 1. The summed E-state index contributed by atoms with van der Waals surface area (Å²) < 4.78 is 5.08. The van der Waals surface area contributed by atoms with Crippen molar-refractivity contribution >= 4 is 5.91 Å². The Hall–Kier alpha value is -0.610. The first-order valence-corrected chi connectivity index (χ1v) is 6.07. The number of hydrogen-bond acceptors (Lipinski definition) is 3. The summed E-state index contributed by atoms with van der Waals surface area (Å²) in [6.07, 6.45) is 3.49. The van der Waals surface area contributed by atoms with Crippen LogP contribution in [0.15, 0.2) is 0 Å². The number of ether oxygens (including phenoxy) is 1. The normalized spacial score (nSPS) is 17.5. The first kappa shape index (κ1) is 13.5. The maximum Gasteiger partial charge on any atom is 0.233 e. The molecule has 0 aromatic heterocycles. The maximum absolute atomic E-state index is 11.5. The predicted molar refractivity (Wildman–Crippen MR) is 64.3 cm³/mol. The summed E-state index contributed by atoms with van der Waals surface area (Å²) >= 11 is 0. The topological polar surface area (TPSA) is 50.4 Å². The van der Waals surface area contributed by atoms with E-state index in [4.69, 9.17) is 4.74 Å². The second-order valence-corrected chi connectivity index (χ2v) is 5.06. The molecule has 4 heteroatoms. The van der Waals surface area contributed by atoms with Crippen LogP contribution in [0.25, 0.3) is 0 Å². The lowest BCUT2D eigenvalue weighted by Crippen LogP contribution is -2.39. The second-order valence-electron chi connectivity index (χ2n) is 5.06. The van der Waals surface area contributed by atoms with Crippen LogP contribution < -0.4 is 10.6 Å². The SMILES string of the molecule is COCCC1(CNC(=O)CNC(C)C)CC1. The van der Waals surface area contributed by atoms with Crippen molar-refractivity contribution < 1.29 is 9.53 Å². The average Bonchev–Trinajstić information content (AvgIpc) is 3.01. The lowest BCUT2D eigenvalue weighted by Gasteiger charge is -2.16. The van der Waals surface area contributed by atoms with Gasteiger partial charge in [0.2, 0.25) is 5.91 Å². The summed E-state index contributed by atoms with van der Waals surface area (Å²) in [5, 5.41) is 6.10. The Labute approximate surface area is 98.1 Å². The number of rotatable bonds is 8. The fourth-order valence-electron chi connectivity index (χ4n) is 1.66. The number of nitrogens with one attached hydrogen (secondary N) is 2. The Kier molecular flexibility index (Phi) is 5.22. The van der Waals surface area contributed by atoms with Gasteiger partial charge in [-0.1, -0.05) is 13.8 Å². The zero-order valence-corrected chi connectivity index (χ0v) is 10.6. The summed E-state index contributed by atoms with van der Waals surface area (Å²) in [5.41, 5.74) is 0.337. The van der Waals surface area contributed by atoms with Gasteiger partial charge in [-0.3, -0.25) is 4.79 Å². The van der Waals surface area contributed by atoms with Crippen LogP contribution in [0.5, 0.6) is 0 Å². The molecule has 0 spiro atoms. The zero-order chi connectivity index (χ0) is 12.0. The van der Waals surface area contributed by atoms with E-state index in [9.17, 15) is 4.79 Å². The Morgan fingerprint density at radius 2 is 2.12 bits per heavy atom. The maximum atomic E-state index is 11.5. The van der Waals surface area contributed by atoms with Crippen molar-refractivity contribution in [1.29, 1.82) is 0 Å². The Bertz CT molecular complexity index is 225. The molecule has 1 rings (SSSR count). The first-order valence-electron chi connectivity index (χ1n) is 6.07. The highest BCUT2D eigenvalue weighted by Crippen LogP contribution is 2.48.